The number of piperidine rings is 1. The number of aromatic nitrogens is 1. The number of nitrogens with one attached hydrogen (secondary N) is 1. The van der Waals surface area contributed by atoms with Crippen LogP contribution in [0.5, 0.6) is 5.75 Å². The van der Waals surface area contributed by atoms with Crippen LogP contribution in [-0.2, 0) is 9.47 Å². The lowest BCUT2D eigenvalue weighted by Crippen LogP contribution is -2.34. The van der Waals surface area contributed by atoms with Gasteiger partial charge in [-0.25, -0.2) is 0 Å². The number of allylic oxidation sites excluding steroid dienone is 3. The molecule has 2 aliphatic rings. The van der Waals surface area contributed by atoms with Crippen molar-refractivity contribution in [3.05, 3.63) is 59.8 Å². The number of methoxy groups -OCH3 is 2. The molecule has 1 saturated heterocycles. The molecule has 2 aromatic rings. The minimum atomic E-state index is 0.188. The fraction of sp³-hybridized carbons (Fsp3) is 0.409. The molecule has 1 aliphatic heterocycles. The van der Waals surface area contributed by atoms with Crippen molar-refractivity contribution in [2.24, 2.45) is 0 Å². The molecular formula is C22H26N2O3. The molecule has 1 aromatic heterocycles. The molecule has 1 aliphatic carbocycles. The summed E-state index contributed by atoms with van der Waals surface area (Å²) in [6, 6.07) is 6.43. The Labute approximate surface area is 160 Å². The van der Waals surface area contributed by atoms with Crippen molar-refractivity contribution < 1.29 is 14.2 Å². The molecular weight excluding hydrogens is 340 g/mol. The normalized spacial score (nSPS) is 20.7. The smallest absolute Gasteiger partial charge is 0.129 e. The van der Waals surface area contributed by atoms with Crippen molar-refractivity contribution in [1.29, 1.82) is 0 Å². The molecule has 27 heavy (non-hydrogen) atoms. The van der Waals surface area contributed by atoms with Crippen LogP contribution in [0.3, 0.4) is 0 Å². The monoisotopic (exact) mass is 366 g/mol. The number of hydrogen-bond donors (Lipinski definition) is 1. The van der Waals surface area contributed by atoms with E-state index in [9.17, 15) is 0 Å². The first kappa shape index (κ1) is 17.9. The predicted molar refractivity (Wildman–Crippen MR) is 106 cm³/mol. The van der Waals surface area contributed by atoms with Gasteiger partial charge >= 0.3 is 0 Å². The zero-order chi connectivity index (χ0) is 18.6. The van der Waals surface area contributed by atoms with E-state index >= 15 is 0 Å². The van der Waals surface area contributed by atoms with E-state index in [2.05, 4.69) is 28.5 Å². The molecule has 1 fully saturated rings. The highest BCUT2D eigenvalue weighted by molar-refractivity contribution is 5.88. The topological polar surface area (TPSA) is 52.6 Å². The van der Waals surface area contributed by atoms with Gasteiger partial charge < -0.3 is 19.5 Å². The quantitative estimate of drug-likeness (QED) is 0.869. The maximum Gasteiger partial charge on any atom is 0.129 e. The van der Waals surface area contributed by atoms with Gasteiger partial charge in [0.25, 0.3) is 0 Å². The molecule has 1 aromatic carbocycles. The molecule has 0 amide bonds. The van der Waals surface area contributed by atoms with Gasteiger partial charge in [-0.05, 0) is 55.1 Å². The molecule has 1 unspecified atom stereocenters. The summed E-state index contributed by atoms with van der Waals surface area (Å²) >= 11 is 0. The molecule has 0 bridgehead atoms. The van der Waals surface area contributed by atoms with E-state index in [0.29, 0.717) is 0 Å². The average Bonchev–Trinajstić information content (AvgIpc) is 2.74. The molecule has 0 radical (unpaired) electrons. The third-order valence-electron chi connectivity index (χ3n) is 5.34. The maximum atomic E-state index is 6.43. The van der Waals surface area contributed by atoms with E-state index in [1.807, 2.05) is 24.5 Å². The predicted octanol–water partition coefficient (Wildman–Crippen LogP) is 3.91. The van der Waals surface area contributed by atoms with Crippen LogP contribution in [0.4, 0.5) is 0 Å². The van der Waals surface area contributed by atoms with Crippen molar-refractivity contribution in [3.8, 4) is 5.75 Å². The largest absolute Gasteiger partial charge is 0.501 e. The fourth-order valence-electron chi connectivity index (χ4n) is 3.81. The molecule has 0 saturated carbocycles. The standard InChI is InChI=1S/C22H26N2O3/c1-25-19-10-17(11-20(13-19)26-2)16-9-15-3-6-24-14-21(15)22(12-16)27-18-4-7-23-8-5-18/h3,6,9-10,12-14,17-18,23H,4-5,7-8,11H2,1-2H3. The highest BCUT2D eigenvalue weighted by Crippen LogP contribution is 2.37. The van der Waals surface area contributed by atoms with E-state index in [0.717, 1.165) is 60.4 Å². The van der Waals surface area contributed by atoms with Crippen LogP contribution in [0.1, 0.15) is 30.7 Å². The van der Waals surface area contributed by atoms with Crippen LogP contribution in [-0.4, -0.2) is 38.4 Å². The Hall–Kier alpha value is -2.53. The first-order valence-electron chi connectivity index (χ1n) is 9.52. The highest BCUT2D eigenvalue weighted by Gasteiger charge is 2.22. The molecule has 4 rings (SSSR count). The van der Waals surface area contributed by atoms with E-state index in [4.69, 9.17) is 14.2 Å². The minimum Gasteiger partial charge on any atom is -0.501 e. The number of hydrogen-bond acceptors (Lipinski definition) is 5. The highest BCUT2D eigenvalue weighted by atomic mass is 16.5. The van der Waals surface area contributed by atoms with Gasteiger partial charge in [-0.3, -0.25) is 4.98 Å². The lowest BCUT2D eigenvalue weighted by atomic mass is 9.89. The molecule has 5 nitrogen and oxygen atoms in total. The minimum absolute atomic E-state index is 0.188. The van der Waals surface area contributed by atoms with Crippen LogP contribution >= 0.6 is 0 Å². The second-order valence-corrected chi connectivity index (χ2v) is 7.08. The van der Waals surface area contributed by atoms with Crippen molar-refractivity contribution in [2.75, 3.05) is 27.3 Å². The first-order valence-corrected chi connectivity index (χ1v) is 9.52. The molecule has 5 heteroatoms. The Bertz CT molecular complexity index is 869. The van der Waals surface area contributed by atoms with Gasteiger partial charge in [0.15, 0.2) is 0 Å². The van der Waals surface area contributed by atoms with E-state index in [-0.39, 0.29) is 12.0 Å². The number of rotatable bonds is 5. The van der Waals surface area contributed by atoms with Crippen molar-refractivity contribution in [1.82, 2.24) is 10.3 Å². The number of nitrogens with zero attached hydrogens (tertiary/aromatic N) is 1. The maximum absolute atomic E-state index is 6.43. The zero-order valence-corrected chi connectivity index (χ0v) is 15.9. The summed E-state index contributed by atoms with van der Waals surface area (Å²) in [4.78, 5) is 4.31. The van der Waals surface area contributed by atoms with Gasteiger partial charge in [-0.15, -0.1) is 0 Å². The summed E-state index contributed by atoms with van der Waals surface area (Å²) in [5.74, 6) is 2.87. The average molecular weight is 366 g/mol. The SMILES string of the molecule is COC1=CC(c2cc(OC3CCNCC3)c3cnccc3c2)CC(OC)=C1. The van der Waals surface area contributed by atoms with E-state index in [1.165, 1.54) is 5.56 Å². The molecule has 2 heterocycles. The third-order valence-corrected chi connectivity index (χ3v) is 5.34. The lowest BCUT2D eigenvalue weighted by molar-refractivity contribution is 0.164. The van der Waals surface area contributed by atoms with Gasteiger partial charge in [-0.2, -0.15) is 0 Å². The Balaban J connectivity index is 1.71. The Morgan fingerprint density at radius 2 is 1.96 bits per heavy atom. The lowest BCUT2D eigenvalue weighted by Gasteiger charge is -2.26. The van der Waals surface area contributed by atoms with Crippen LogP contribution in [0, 0.1) is 0 Å². The molecule has 0 spiro atoms. The van der Waals surface area contributed by atoms with Crippen LogP contribution in [0.2, 0.25) is 0 Å². The summed E-state index contributed by atoms with van der Waals surface area (Å²) in [5, 5.41) is 5.60. The third kappa shape index (κ3) is 3.93. The van der Waals surface area contributed by atoms with Gasteiger partial charge in [-0.1, -0.05) is 6.07 Å². The summed E-state index contributed by atoms with van der Waals surface area (Å²) in [7, 11) is 3.40. The summed E-state index contributed by atoms with van der Waals surface area (Å²) in [5.41, 5.74) is 1.20. The number of pyridine rings is 1. The molecule has 1 atom stereocenters. The van der Waals surface area contributed by atoms with Gasteiger partial charge in [0.2, 0.25) is 0 Å². The zero-order valence-electron chi connectivity index (χ0n) is 15.9. The van der Waals surface area contributed by atoms with Crippen LogP contribution < -0.4 is 10.1 Å². The van der Waals surface area contributed by atoms with Crippen LogP contribution in [0.25, 0.3) is 10.8 Å². The van der Waals surface area contributed by atoms with Gasteiger partial charge in [0.05, 0.1) is 14.2 Å². The van der Waals surface area contributed by atoms with Crippen molar-refractivity contribution >= 4 is 10.8 Å². The van der Waals surface area contributed by atoms with E-state index in [1.54, 1.807) is 14.2 Å². The molecule has 142 valence electrons. The Kier molecular flexibility index (Phi) is 5.30. The van der Waals surface area contributed by atoms with Gasteiger partial charge in [0, 0.05) is 36.2 Å². The second-order valence-electron chi connectivity index (χ2n) is 7.08. The summed E-state index contributed by atoms with van der Waals surface area (Å²) in [6.07, 6.45) is 10.9. The number of fused-ring (bicyclic) bond motifs is 1. The fourth-order valence-corrected chi connectivity index (χ4v) is 3.81. The number of benzene rings is 1. The van der Waals surface area contributed by atoms with Crippen molar-refractivity contribution in [3.63, 3.8) is 0 Å². The van der Waals surface area contributed by atoms with Gasteiger partial charge in [0.1, 0.15) is 23.4 Å². The second kappa shape index (κ2) is 8.01. The molecule has 1 N–H and O–H groups in total. The summed E-state index contributed by atoms with van der Waals surface area (Å²) in [6.45, 7) is 2.01. The van der Waals surface area contributed by atoms with E-state index < -0.39 is 0 Å². The Morgan fingerprint density at radius 1 is 1.11 bits per heavy atom. The summed E-state index contributed by atoms with van der Waals surface area (Å²) < 4.78 is 17.4. The van der Waals surface area contributed by atoms with Crippen LogP contribution in [0.15, 0.2) is 54.3 Å². The van der Waals surface area contributed by atoms with Crippen molar-refractivity contribution in [2.45, 2.75) is 31.3 Å². The number of ether oxygens (including phenoxy) is 3. The first-order chi connectivity index (χ1) is 13.3. The Morgan fingerprint density at radius 3 is 2.74 bits per heavy atom.